The molecule has 1 fully saturated rings. The van der Waals surface area contributed by atoms with Crippen molar-refractivity contribution in [1.29, 1.82) is 0 Å². The van der Waals surface area contributed by atoms with E-state index in [1.54, 1.807) is 24.3 Å². The molecule has 1 aliphatic rings. The van der Waals surface area contributed by atoms with Gasteiger partial charge < -0.3 is 15.5 Å². The van der Waals surface area contributed by atoms with Crippen LogP contribution in [-0.2, 0) is 6.54 Å². The third-order valence-corrected chi connectivity index (χ3v) is 6.44. The molecule has 1 aromatic carbocycles. The molecule has 3 aromatic rings. The molecule has 0 radical (unpaired) electrons. The van der Waals surface area contributed by atoms with E-state index in [0.717, 1.165) is 49.0 Å². The average Bonchev–Trinajstić information content (AvgIpc) is 2.80. The summed E-state index contributed by atoms with van der Waals surface area (Å²) >= 11 is 7.94. The maximum atomic E-state index is 6.37. The van der Waals surface area contributed by atoms with Crippen LogP contribution in [0.2, 0.25) is 5.02 Å². The SMILES string of the molecule is CN1CCN(Cc2ccc(Nc3ncc(Cl)c(Nc4ccncc4SN(C)C)n3)cc2)CC1. The average molecular weight is 485 g/mol. The van der Waals surface area contributed by atoms with Crippen LogP contribution in [0.5, 0.6) is 0 Å². The Morgan fingerprint density at radius 2 is 1.79 bits per heavy atom. The Kier molecular flexibility index (Phi) is 8.00. The second kappa shape index (κ2) is 11.1. The fourth-order valence-electron chi connectivity index (χ4n) is 3.48. The Morgan fingerprint density at radius 3 is 2.52 bits per heavy atom. The molecular weight excluding hydrogens is 456 g/mol. The summed E-state index contributed by atoms with van der Waals surface area (Å²) in [6.45, 7) is 5.44. The van der Waals surface area contributed by atoms with Gasteiger partial charge >= 0.3 is 0 Å². The molecule has 0 saturated carbocycles. The molecule has 1 saturated heterocycles. The lowest BCUT2D eigenvalue weighted by Gasteiger charge is -2.32. The molecule has 10 heteroatoms. The van der Waals surface area contributed by atoms with Crippen LogP contribution in [-0.4, -0.2) is 76.4 Å². The minimum absolute atomic E-state index is 0.445. The van der Waals surface area contributed by atoms with E-state index in [1.165, 1.54) is 5.56 Å². The van der Waals surface area contributed by atoms with Crippen molar-refractivity contribution in [3.05, 3.63) is 59.5 Å². The van der Waals surface area contributed by atoms with Gasteiger partial charge in [0.1, 0.15) is 5.02 Å². The van der Waals surface area contributed by atoms with Gasteiger partial charge in [0.25, 0.3) is 0 Å². The molecule has 33 heavy (non-hydrogen) atoms. The zero-order chi connectivity index (χ0) is 23.2. The second-order valence-electron chi connectivity index (χ2n) is 8.19. The van der Waals surface area contributed by atoms with E-state index in [2.05, 4.69) is 66.7 Å². The van der Waals surface area contributed by atoms with Gasteiger partial charge in [0.2, 0.25) is 5.95 Å². The summed E-state index contributed by atoms with van der Waals surface area (Å²) in [4.78, 5) is 19.0. The van der Waals surface area contributed by atoms with E-state index in [9.17, 15) is 0 Å². The van der Waals surface area contributed by atoms with Gasteiger partial charge in [0.15, 0.2) is 5.82 Å². The van der Waals surface area contributed by atoms with Gasteiger partial charge in [-0.1, -0.05) is 23.7 Å². The van der Waals surface area contributed by atoms with Crippen molar-refractivity contribution in [1.82, 2.24) is 29.1 Å². The number of pyridine rings is 1. The van der Waals surface area contributed by atoms with Crippen molar-refractivity contribution in [3.63, 3.8) is 0 Å². The van der Waals surface area contributed by atoms with Crippen molar-refractivity contribution in [2.45, 2.75) is 11.4 Å². The van der Waals surface area contributed by atoms with Gasteiger partial charge in [-0.3, -0.25) is 14.2 Å². The highest BCUT2D eigenvalue weighted by molar-refractivity contribution is 7.97. The van der Waals surface area contributed by atoms with Gasteiger partial charge in [-0.25, -0.2) is 4.98 Å². The summed E-state index contributed by atoms with van der Waals surface area (Å²) in [6.07, 6.45) is 5.14. The topological polar surface area (TPSA) is 72.5 Å². The van der Waals surface area contributed by atoms with E-state index < -0.39 is 0 Å². The molecule has 0 amide bonds. The summed E-state index contributed by atoms with van der Waals surface area (Å²) in [6, 6.07) is 10.3. The van der Waals surface area contributed by atoms with Gasteiger partial charge in [0, 0.05) is 50.8 Å². The Balaban J connectivity index is 1.42. The Hall–Kier alpha value is -2.43. The molecule has 2 N–H and O–H groups in total. The van der Waals surface area contributed by atoms with Gasteiger partial charge in [-0.15, -0.1) is 0 Å². The first-order valence-electron chi connectivity index (χ1n) is 10.8. The number of halogens is 1. The van der Waals surface area contributed by atoms with Crippen LogP contribution in [0.15, 0.2) is 53.8 Å². The first kappa shape index (κ1) is 23.7. The number of hydrogen-bond donors (Lipinski definition) is 2. The standard InChI is InChI=1S/C23H29ClN8S/c1-30(2)33-21-15-25-9-8-20(21)28-22-19(24)14-26-23(29-22)27-18-6-4-17(5-7-18)16-32-12-10-31(3)11-13-32/h4-9,14-15H,10-13,16H2,1-3H3,(H2,25,26,27,28,29). The maximum Gasteiger partial charge on any atom is 0.229 e. The Labute approximate surface area is 204 Å². The molecule has 2 aromatic heterocycles. The van der Waals surface area contributed by atoms with Crippen molar-refractivity contribution in [2.24, 2.45) is 0 Å². The third-order valence-electron chi connectivity index (χ3n) is 5.27. The minimum atomic E-state index is 0.445. The number of benzene rings is 1. The molecule has 1 aliphatic heterocycles. The molecule has 0 unspecified atom stereocenters. The van der Waals surface area contributed by atoms with Crippen LogP contribution in [0.3, 0.4) is 0 Å². The van der Waals surface area contributed by atoms with E-state index in [1.807, 2.05) is 30.7 Å². The maximum absolute atomic E-state index is 6.37. The Bertz CT molecular complexity index is 1050. The summed E-state index contributed by atoms with van der Waals surface area (Å²) in [5.41, 5.74) is 3.11. The van der Waals surface area contributed by atoms with Gasteiger partial charge in [0.05, 0.1) is 16.8 Å². The molecule has 0 bridgehead atoms. The number of nitrogens with zero attached hydrogens (tertiary/aromatic N) is 6. The Morgan fingerprint density at radius 1 is 1.03 bits per heavy atom. The molecule has 4 rings (SSSR count). The van der Waals surface area contributed by atoms with Crippen LogP contribution < -0.4 is 10.6 Å². The predicted molar refractivity (Wildman–Crippen MR) is 137 cm³/mol. The van der Waals surface area contributed by atoms with Gasteiger partial charge in [-0.2, -0.15) is 4.98 Å². The van der Waals surface area contributed by atoms with E-state index in [-0.39, 0.29) is 0 Å². The number of piperazine rings is 1. The highest BCUT2D eigenvalue weighted by Crippen LogP contribution is 2.31. The molecule has 0 atom stereocenters. The molecule has 0 aliphatic carbocycles. The lowest BCUT2D eigenvalue weighted by molar-refractivity contribution is 0.148. The molecule has 8 nitrogen and oxygen atoms in total. The fourth-order valence-corrected chi connectivity index (χ4v) is 4.34. The molecule has 174 valence electrons. The molecule has 3 heterocycles. The summed E-state index contributed by atoms with van der Waals surface area (Å²) in [5.74, 6) is 1.01. The lowest BCUT2D eigenvalue weighted by Crippen LogP contribution is -2.43. The monoisotopic (exact) mass is 484 g/mol. The smallest absolute Gasteiger partial charge is 0.229 e. The lowest BCUT2D eigenvalue weighted by atomic mass is 10.2. The fraction of sp³-hybridized carbons (Fsp3) is 0.348. The quantitative estimate of drug-likeness (QED) is 0.454. The van der Waals surface area contributed by atoms with Crippen molar-refractivity contribution in [2.75, 3.05) is 58.0 Å². The predicted octanol–water partition coefficient (Wildman–Crippen LogP) is 4.33. The highest BCUT2D eigenvalue weighted by atomic mass is 35.5. The largest absolute Gasteiger partial charge is 0.338 e. The van der Waals surface area contributed by atoms with Crippen LogP contribution in [0.1, 0.15) is 5.56 Å². The van der Waals surface area contributed by atoms with E-state index in [4.69, 9.17) is 11.6 Å². The van der Waals surface area contributed by atoms with E-state index in [0.29, 0.717) is 16.8 Å². The normalized spacial score (nSPS) is 15.1. The second-order valence-corrected chi connectivity index (χ2v) is 9.95. The number of nitrogens with one attached hydrogen (secondary N) is 2. The number of rotatable bonds is 8. The summed E-state index contributed by atoms with van der Waals surface area (Å²) in [5, 5.41) is 7.03. The van der Waals surface area contributed by atoms with Crippen LogP contribution in [0.25, 0.3) is 0 Å². The van der Waals surface area contributed by atoms with Crippen LogP contribution in [0, 0.1) is 0 Å². The minimum Gasteiger partial charge on any atom is -0.338 e. The number of anilines is 4. The number of aromatic nitrogens is 3. The van der Waals surface area contributed by atoms with Crippen molar-refractivity contribution < 1.29 is 0 Å². The van der Waals surface area contributed by atoms with Crippen LogP contribution in [0.4, 0.5) is 23.1 Å². The van der Waals surface area contributed by atoms with Crippen molar-refractivity contribution in [3.8, 4) is 0 Å². The van der Waals surface area contributed by atoms with Crippen LogP contribution >= 0.6 is 23.5 Å². The zero-order valence-electron chi connectivity index (χ0n) is 19.1. The third kappa shape index (κ3) is 6.78. The number of hydrogen-bond acceptors (Lipinski definition) is 9. The van der Waals surface area contributed by atoms with E-state index >= 15 is 0 Å². The van der Waals surface area contributed by atoms with Gasteiger partial charge in [-0.05, 0) is 56.9 Å². The highest BCUT2D eigenvalue weighted by Gasteiger charge is 2.14. The summed E-state index contributed by atoms with van der Waals surface area (Å²) in [7, 11) is 6.14. The summed E-state index contributed by atoms with van der Waals surface area (Å²) < 4.78 is 2.00. The number of likely N-dealkylation sites (N-methyl/N-ethyl adjacent to an activating group) is 1. The first-order valence-corrected chi connectivity index (χ1v) is 12.0. The van der Waals surface area contributed by atoms with Crippen molar-refractivity contribution >= 4 is 46.7 Å². The first-order chi connectivity index (χ1) is 16.0. The zero-order valence-corrected chi connectivity index (χ0v) is 20.7. The molecule has 0 spiro atoms. The molecular formula is C23H29ClN8S.